The van der Waals surface area contributed by atoms with Crippen LogP contribution in [0.2, 0.25) is 0 Å². The van der Waals surface area contributed by atoms with Crippen molar-refractivity contribution in [1.82, 2.24) is 15.5 Å². The second-order valence-electron chi connectivity index (χ2n) is 6.16. The van der Waals surface area contributed by atoms with Gasteiger partial charge in [0.1, 0.15) is 22.9 Å². The lowest BCUT2D eigenvalue weighted by molar-refractivity contribution is 0.0947. The monoisotopic (exact) mass is 367 g/mol. The van der Waals surface area contributed by atoms with E-state index in [4.69, 9.17) is 4.42 Å². The number of benzene rings is 2. The largest absolute Gasteiger partial charge is 0.465 e. The quantitative estimate of drug-likeness (QED) is 0.564. The highest BCUT2D eigenvalue weighted by Gasteiger charge is 2.16. The van der Waals surface area contributed by atoms with Crippen LogP contribution in [0.15, 0.2) is 52.9 Å². The average Bonchev–Trinajstić information content (AvgIpc) is 3.26. The number of amides is 1. The van der Waals surface area contributed by atoms with Crippen LogP contribution in [0.25, 0.3) is 22.2 Å². The number of furan rings is 1. The van der Waals surface area contributed by atoms with Gasteiger partial charge in [-0.25, -0.2) is 8.78 Å². The third kappa shape index (κ3) is 3.31. The topological polar surface area (TPSA) is 70.9 Å². The molecule has 0 atom stereocenters. The van der Waals surface area contributed by atoms with Gasteiger partial charge >= 0.3 is 0 Å². The molecule has 0 spiro atoms. The van der Waals surface area contributed by atoms with Crippen molar-refractivity contribution in [1.29, 1.82) is 0 Å². The molecule has 4 rings (SSSR count). The van der Waals surface area contributed by atoms with Crippen LogP contribution < -0.4 is 5.32 Å². The number of aryl methyl sites for hydroxylation is 1. The van der Waals surface area contributed by atoms with E-state index in [9.17, 15) is 13.6 Å². The van der Waals surface area contributed by atoms with Crippen LogP contribution in [-0.4, -0.2) is 16.1 Å². The molecule has 27 heavy (non-hydrogen) atoms. The SMILES string of the molecule is Cc1ccc(CNC(=O)c2cc(F)c3n[nH]c(-c4cccc(F)c4)c3c2)o1. The van der Waals surface area contributed by atoms with E-state index >= 15 is 0 Å². The van der Waals surface area contributed by atoms with Crippen LogP contribution in [0.5, 0.6) is 0 Å². The molecule has 0 bridgehead atoms. The molecule has 0 unspecified atom stereocenters. The highest BCUT2D eigenvalue weighted by molar-refractivity contribution is 6.01. The van der Waals surface area contributed by atoms with Crippen molar-refractivity contribution in [3.8, 4) is 11.3 Å². The van der Waals surface area contributed by atoms with E-state index in [-0.39, 0.29) is 17.6 Å². The van der Waals surface area contributed by atoms with Crippen molar-refractivity contribution in [2.45, 2.75) is 13.5 Å². The fourth-order valence-electron chi connectivity index (χ4n) is 2.92. The van der Waals surface area contributed by atoms with Gasteiger partial charge in [-0.1, -0.05) is 12.1 Å². The number of nitrogens with zero attached hydrogens (tertiary/aromatic N) is 1. The summed E-state index contributed by atoms with van der Waals surface area (Å²) in [4.78, 5) is 12.4. The Balaban J connectivity index is 1.67. The highest BCUT2D eigenvalue weighted by atomic mass is 19.1. The van der Waals surface area contributed by atoms with Crippen molar-refractivity contribution >= 4 is 16.8 Å². The van der Waals surface area contributed by atoms with E-state index in [1.165, 1.54) is 18.2 Å². The normalized spacial score (nSPS) is 11.1. The standard InChI is InChI=1S/C20H15F2N3O2/c1-11-5-6-15(27-11)10-23-20(26)13-8-16-18(12-3-2-4-14(21)7-12)24-25-19(16)17(22)9-13/h2-9H,10H2,1H3,(H,23,26)(H,24,25). The van der Waals surface area contributed by atoms with Gasteiger partial charge in [0.2, 0.25) is 0 Å². The maximum Gasteiger partial charge on any atom is 0.251 e. The summed E-state index contributed by atoms with van der Waals surface area (Å²) in [6, 6.07) is 12.1. The van der Waals surface area contributed by atoms with Gasteiger partial charge in [-0.05, 0) is 43.3 Å². The molecule has 136 valence electrons. The van der Waals surface area contributed by atoms with Crippen LogP contribution in [0.3, 0.4) is 0 Å². The molecule has 5 nitrogen and oxygen atoms in total. The summed E-state index contributed by atoms with van der Waals surface area (Å²) in [5.41, 5.74) is 1.19. The minimum atomic E-state index is -0.634. The van der Waals surface area contributed by atoms with Crippen LogP contribution in [0.1, 0.15) is 21.9 Å². The number of carbonyl (C=O) groups excluding carboxylic acids is 1. The van der Waals surface area contributed by atoms with Crippen molar-refractivity contribution < 1.29 is 18.0 Å². The average molecular weight is 367 g/mol. The molecule has 2 N–H and O–H groups in total. The number of hydrogen-bond donors (Lipinski definition) is 2. The Hall–Kier alpha value is -3.48. The van der Waals surface area contributed by atoms with Crippen LogP contribution in [0, 0.1) is 18.6 Å². The summed E-state index contributed by atoms with van der Waals surface area (Å²) in [7, 11) is 0. The van der Waals surface area contributed by atoms with Crippen molar-refractivity contribution in [3.05, 3.63) is 77.2 Å². The van der Waals surface area contributed by atoms with Crippen LogP contribution in [0.4, 0.5) is 8.78 Å². The summed E-state index contributed by atoms with van der Waals surface area (Å²) in [5.74, 6) is -0.156. The molecule has 1 amide bonds. The van der Waals surface area contributed by atoms with Gasteiger partial charge in [-0.15, -0.1) is 0 Å². The summed E-state index contributed by atoms with van der Waals surface area (Å²) in [6.07, 6.45) is 0. The molecule has 2 aromatic carbocycles. The van der Waals surface area contributed by atoms with Gasteiger partial charge < -0.3 is 9.73 Å². The Bertz CT molecular complexity index is 1150. The molecule has 7 heteroatoms. The summed E-state index contributed by atoms with van der Waals surface area (Å²) >= 11 is 0. The second kappa shape index (κ2) is 6.68. The molecule has 2 aromatic heterocycles. The first-order valence-electron chi connectivity index (χ1n) is 8.28. The van der Waals surface area contributed by atoms with Crippen LogP contribution in [-0.2, 0) is 6.54 Å². The minimum Gasteiger partial charge on any atom is -0.465 e. The maximum absolute atomic E-state index is 14.4. The fourth-order valence-corrected chi connectivity index (χ4v) is 2.92. The third-order valence-electron chi connectivity index (χ3n) is 4.21. The Labute approximate surface area is 153 Å². The lowest BCUT2D eigenvalue weighted by Crippen LogP contribution is -2.22. The Morgan fingerprint density at radius 1 is 1.19 bits per heavy atom. The molecule has 0 saturated heterocycles. The molecule has 0 fully saturated rings. The smallest absolute Gasteiger partial charge is 0.251 e. The molecule has 0 aliphatic rings. The van der Waals surface area contributed by atoms with E-state index < -0.39 is 17.5 Å². The lowest BCUT2D eigenvalue weighted by Gasteiger charge is -2.05. The number of aromatic amines is 1. The number of halogens is 2. The highest BCUT2D eigenvalue weighted by Crippen LogP contribution is 2.29. The predicted octanol–water partition coefficient (Wildman–Crippen LogP) is 4.34. The number of carbonyl (C=O) groups is 1. The number of nitrogens with one attached hydrogen (secondary N) is 2. The first kappa shape index (κ1) is 17.0. The summed E-state index contributed by atoms with van der Waals surface area (Å²) in [5, 5.41) is 9.77. The molecule has 0 saturated carbocycles. The zero-order valence-corrected chi connectivity index (χ0v) is 14.3. The molecular weight excluding hydrogens is 352 g/mol. The van der Waals surface area contributed by atoms with Gasteiger partial charge in [0, 0.05) is 16.5 Å². The number of fused-ring (bicyclic) bond motifs is 1. The van der Waals surface area contributed by atoms with E-state index in [2.05, 4.69) is 15.5 Å². The van der Waals surface area contributed by atoms with Gasteiger partial charge in [0.25, 0.3) is 5.91 Å². The molecule has 4 aromatic rings. The second-order valence-corrected chi connectivity index (χ2v) is 6.16. The minimum absolute atomic E-state index is 0.0903. The zero-order valence-electron chi connectivity index (χ0n) is 14.3. The van der Waals surface area contributed by atoms with Gasteiger partial charge in [-0.2, -0.15) is 5.10 Å². The summed E-state index contributed by atoms with van der Waals surface area (Å²) < 4.78 is 33.4. The van der Waals surface area contributed by atoms with Crippen LogP contribution >= 0.6 is 0 Å². The van der Waals surface area contributed by atoms with E-state index in [0.717, 1.165) is 11.8 Å². The Morgan fingerprint density at radius 2 is 2.04 bits per heavy atom. The zero-order chi connectivity index (χ0) is 19.0. The third-order valence-corrected chi connectivity index (χ3v) is 4.21. The molecule has 2 heterocycles. The van der Waals surface area contributed by atoms with Crippen molar-refractivity contribution in [2.24, 2.45) is 0 Å². The maximum atomic E-state index is 14.4. The molecule has 0 aliphatic carbocycles. The van der Waals surface area contributed by atoms with Gasteiger partial charge in [-0.3, -0.25) is 9.89 Å². The first-order chi connectivity index (χ1) is 13.0. The van der Waals surface area contributed by atoms with E-state index in [0.29, 0.717) is 22.4 Å². The number of H-pyrrole nitrogens is 1. The fraction of sp³-hybridized carbons (Fsp3) is 0.100. The van der Waals surface area contributed by atoms with E-state index in [1.54, 1.807) is 24.3 Å². The van der Waals surface area contributed by atoms with Gasteiger partial charge in [0.15, 0.2) is 5.82 Å². The summed E-state index contributed by atoms with van der Waals surface area (Å²) in [6.45, 7) is 2.00. The van der Waals surface area contributed by atoms with E-state index in [1.807, 2.05) is 6.92 Å². The molecular formula is C20H15F2N3O2. The number of hydrogen-bond acceptors (Lipinski definition) is 3. The van der Waals surface area contributed by atoms with Crippen molar-refractivity contribution in [3.63, 3.8) is 0 Å². The van der Waals surface area contributed by atoms with Crippen molar-refractivity contribution in [2.75, 3.05) is 0 Å². The number of rotatable bonds is 4. The lowest BCUT2D eigenvalue weighted by atomic mass is 10.0. The van der Waals surface area contributed by atoms with Gasteiger partial charge in [0.05, 0.1) is 12.2 Å². The predicted molar refractivity (Wildman–Crippen MR) is 96.1 cm³/mol. The Morgan fingerprint density at radius 3 is 2.78 bits per heavy atom. The Kier molecular flexibility index (Phi) is 4.19. The molecule has 0 radical (unpaired) electrons. The number of aromatic nitrogens is 2. The first-order valence-corrected chi connectivity index (χ1v) is 8.28. The molecule has 0 aliphatic heterocycles.